The van der Waals surface area contributed by atoms with Crippen LogP contribution in [0.4, 0.5) is 21.0 Å². The molecule has 2 aromatic carbocycles. The molecule has 1 saturated heterocycles. The molecule has 3 N–H and O–H groups in total. The third-order valence-corrected chi connectivity index (χ3v) is 5.86. The fraction of sp³-hybridized carbons (Fsp3) is 0.348. The normalized spacial score (nSPS) is 18.4. The molecular weight excluding hydrogens is 412 g/mol. The van der Waals surface area contributed by atoms with Crippen LogP contribution in [0.3, 0.4) is 0 Å². The highest BCUT2D eigenvalue weighted by Gasteiger charge is 2.58. The van der Waals surface area contributed by atoms with Gasteiger partial charge in [-0.15, -0.1) is 0 Å². The van der Waals surface area contributed by atoms with Crippen LogP contribution in [0.25, 0.3) is 0 Å². The molecule has 9 heteroatoms. The van der Waals surface area contributed by atoms with Crippen LogP contribution in [-0.2, 0) is 4.79 Å². The highest BCUT2D eigenvalue weighted by molar-refractivity contribution is 6.00. The number of aliphatic carboxylic acids is 1. The number of urea groups is 2. The summed E-state index contributed by atoms with van der Waals surface area (Å²) in [5.41, 5.74) is 1.28. The number of amides is 4. The number of nitrogens with zero attached hydrogens (tertiary/aromatic N) is 3. The summed E-state index contributed by atoms with van der Waals surface area (Å²) in [6.45, 7) is 8.26. The second kappa shape index (κ2) is 8.51. The second-order valence-corrected chi connectivity index (χ2v) is 8.44. The largest absolute Gasteiger partial charge is 0.480 e. The van der Waals surface area contributed by atoms with E-state index in [-0.39, 0.29) is 0 Å². The summed E-state index contributed by atoms with van der Waals surface area (Å²) in [7, 11) is 0. The van der Waals surface area contributed by atoms with Gasteiger partial charge in [-0.1, -0.05) is 36.4 Å². The molecule has 1 fully saturated rings. The van der Waals surface area contributed by atoms with E-state index in [4.69, 9.17) is 0 Å². The molecule has 1 aliphatic rings. The van der Waals surface area contributed by atoms with Crippen molar-refractivity contribution in [3.05, 3.63) is 59.7 Å². The van der Waals surface area contributed by atoms with E-state index >= 15 is 0 Å². The fourth-order valence-electron chi connectivity index (χ4n) is 4.16. The van der Waals surface area contributed by atoms with Gasteiger partial charge in [0.25, 0.3) is 0 Å². The van der Waals surface area contributed by atoms with Crippen molar-refractivity contribution in [1.29, 1.82) is 0 Å². The van der Waals surface area contributed by atoms with Crippen LogP contribution in [0.1, 0.15) is 31.9 Å². The van der Waals surface area contributed by atoms with Gasteiger partial charge in [0.1, 0.15) is 6.04 Å². The lowest BCUT2D eigenvalue weighted by Crippen LogP contribution is -2.59. The van der Waals surface area contributed by atoms with Crippen LogP contribution in [-0.4, -0.2) is 56.1 Å². The summed E-state index contributed by atoms with van der Waals surface area (Å²) >= 11 is 0. The zero-order valence-corrected chi connectivity index (χ0v) is 18.7. The Balaban J connectivity index is 2.07. The van der Waals surface area contributed by atoms with Gasteiger partial charge in [-0.3, -0.25) is 10.1 Å². The zero-order valence-electron chi connectivity index (χ0n) is 18.7. The molecule has 1 aliphatic heterocycles. The Hall–Kier alpha value is -3.59. The van der Waals surface area contributed by atoms with Gasteiger partial charge in [-0.2, -0.15) is 5.06 Å². The quantitative estimate of drug-likeness (QED) is 0.480. The minimum absolute atomic E-state index is 0.464. The first-order valence-corrected chi connectivity index (χ1v) is 10.2. The molecule has 3 rings (SSSR count). The number of rotatable bonds is 5. The van der Waals surface area contributed by atoms with Crippen molar-refractivity contribution in [3.63, 3.8) is 0 Å². The lowest BCUT2D eigenvalue weighted by molar-refractivity contribution is -0.145. The molecule has 9 nitrogen and oxygen atoms in total. The van der Waals surface area contributed by atoms with Gasteiger partial charge in [-0.25, -0.2) is 14.4 Å². The van der Waals surface area contributed by atoms with E-state index in [9.17, 15) is 24.7 Å². The van der Waals surface area contributed by atoms with Gasteiger partial charge < -0.3 is 15.3 Å². The molecule has 0 aromatic heterocycles. The van der Waals surface area contributed by atoms with Gasteiger partial charge in [0, 0.05) is 5.69 Å². The number of carbonyl (C=O) groups excluding carboxylic acids is 2. The molecule has 2 aromatic rings. The number of hydroxylamine groups is 2. The van der Waals surface area contributed by atoms with E-state index in [1.165, 1.54) is 16.7 Å². The maximum absolute atomic E-state index is 13.5. The second-order valence-electron chi connectivity index (χ2n) is 8.44. The predicted molar refractivity (Wildman–Crippen MR) is 120 cm³/mol. The van der Waals surface area contributed by atoms with E-state index in [0.717, 1.165) is 11.1 Å². The highest BCUT2D eigenvalue weighted by Crippen LogP contribution is 2.40. The van der Waals surface area contributed by atoms with E-state index in [0.29, 0.717) is 16.4 Å². The van der Waals surface area contributed by atoms with Crippen LogP contribution in [0.5, 0.6) is 0 Å². The first-order valence-electron chi connectivity index (χ1n) is 10.2. The number of aryl methyl sites for hydroxylation is 2. The van der Waals surface area contributed by atoms with Gasteiger partial charge in [0.05, 0.1) is 11.2 Å². The molecule has 2 atom stereocenters. The molecule has 0 unspecified atom stereocenters. The lowest BCUT2D eigenvalue weighted by Gasteiger charge is -2.39. The Morgan fingerprint density at radius 1 is 1.06 bits per heavy atom. The number of para-hydroxylation sites is 2. The molecule has 0 bridgehead atoms. The minimum atomic E-state index is -1.24. The molecule has 4 amide bonds. The van der Waals surface area contributed by atoms with Crippen LogP contribution in [0.15, 0.2) is 48.5 Å². The van der Waals surface area contributed by atoms with Crippen molar-refractivity contribution in [2.24, 2.45) is 0 Å². The van der Waals surface area contributed by atoms with Crippen molar-refractivity contribution >= 4 is 29.4 Å². The molecular formula is C23H28N4O5. The average molecular weight is 441 g/mol. The first kappa shape index (κ1) is 23.1. The Morgan fingerprint density at radius 2 is 1.62 bits per heavy atom. The van der Waals surface area contributed by atoms with Gasteiger partial charge in [0.15, 0.2) is 6.17 Å². The number of carbonyl (C=O) groups is 3. The van der Waals surface area contributed by atoms with Gasteiger partial charge in [0.2, 0.25) is 0 Å². The smallest absolute Gasteiger partial charge is 0.347 e. The minimum Gasteiger partial charge on any atom is -0.480 e. The number of hydrogen-bond donors (Lipinski definition) is 3. The fourth-order valence-corrected chi connectivity index (χ4v) is 4.16. The molecule has 0 aliphatic carbocycles. The maximum atomic E-state index is 13.5. The molecule has 32 heavy (non-hydrogen) atoms. The third kappa shape index (κ3) is 3.87. The number of carboxylic acids is 1. The van der Waals surface area contributed by atoms with Crippen molar-refractivity contribution in [2.75, 3.05) is 10.2 Å². The standard InChI is InChI=1S/C23H28N4O5/c1-14-10-6-8-12-17(14)24-21(30)27(32)20-23(4,5)26(16(3)19(28)29)22(31)25(20)18-13-9-7-11-15(18)2/h6-13,16,20,32H,1-5H3,(H,24,30)(H,28,29)/t16-,20+/m1/s1. The molecule has 0 radical (unpaired) electrons. The highest BCUT2D eigenvalue weighted by atomic mass is 16.5. The van der Waals surface area contributed by atoms with Crippen molar-refractivity contribution < 1.29 is 24.7 Å². The number of nitrogens with one attached hydrogen (secondary N) is 1. The van der Waals surface area contributed by atoms with E-state index in [1.807, 2.05) is 19.1 Å². The molecule has 0 saturated carbocycles. The Bertz CT molecular complexity index is 1050. The summed E-state index contributed by atoms with van der Waals surface area (Å²) in [6, 6.07) is 11.5. The monoisotopic (exact) mass is 440 g/mol. The van der Waals surface area contributed by atoms with Crippen molar-refractivity contribution in [3.8, 4) is 0 Å². The maximum Gasteiger partial charge on any atom is 0.347 e. The number of carboxylic acid groups (broad SMARTS) is 1. The lowest BCUT2D eigenvalue weighted by atomic mass is 9.98. The van der Waals surface area contributed by atoms with Gasteiger partial charge in [-0.05, 0) is 57.9 Å². The topological polar surface area (TPSA) is 113 Å². The van der Waals surface area contributed by atoms with Crippen LogP contribution in [0.2, 0.25) is 0 Å². The van der Waals surface area contributed by atoms with E-state index in [2.05, 4.69) is 5.32 Å². The van der Waals surface area contributed by atoms with Crippen molar-refractivity contribution in [1.82, 2.24) is 9.96 Å². The summed E-state index contributed by atoms with van der Waals surface area (Å²) in [4.78, 5) is 40.7. The van der Waals surface area contributed by atoms with Crippen molar-refractivity contribution in [2.45, 2.75) is 52.4 Å². The van der Waals surface area contributed by atoms with E-state index in [1.54, 1.807) is 57.2 Å². The summed E-state index contributed by atoms with van der Waals surface area (Å²) in [6.07, 6.45) is -1.19. The average Bonchev–Trinajstić information content (AvgIpc) is 2.93. The molecule has 0 spiro atoms. The van der Waals surface area contributed by atoms with Crippen LogP contribution < -0.4 is 10.2 Å². The summed E-state index contributed by atoms with van der Waals surface area (Å²) in [5, 5.41) is 23.8. The predicted octanol–water partition coefficient (Wildman–Crippen LogP) is 4.05. The summed E-state index contributed by atoms with van der Waals surface area (Å²) in [5.74, 6) is -1.19. The Labute approximate surface area is 186 Å². The zero-order chi connectivity index (χ0) is 23.8. The molecule has 170 valence electrons. The Kier molecular flexibility index (Phi) is 6.13. The number of anilines is 2. The molecule has 1 heterocycles. The number of benzene rings is 2. The van der Waals surface area contributed by atoms with E-state index < -0.39 is 35.8 Å². The third-order valence-electron chi connectivity index (χ3n) is 5.86. The summed E-state index contributed by atoms with van der Waals surface area (Å²) < 4.78 is 0. The SMILES string of the molecule is Cc1ccccc1NC(=O)N(O)[C@@H]1N(c2ccccc2C)C(=O)N([C@H](C)C(=O)O)C1(C)C. The van der Waals surface area contributed by atoms with Crippen LogP contribution >= 0.6 is 0 Å². The Morgan fingerprint density at radius 3 is 2.19 bits per heavy atom. The van der Waals surface area contributed by atoms with Crippen LogP contribution in [0, 0.1) is 13.8 Å². The number of hydrogen-bond acceptors (Lipinski definition) is 4. The van der Waals surface area contributed by atoms with Gasteiger partial charge >= 0.3 is 18.0 Å². The first-order chi connectivity index (χ1) is 15.0.